The zero-order chi connectivity index (χ0) is 16.4. The number of esters is 1. The summed E-state index contributed by atoms with van der Waals surface area (Å²) in [7, 11) is 0. The lowest BCUT2D eigenvalue weighted by atomic mass is 9.94. The average Bonchev–Trinajstić information content (AvgIpc) is 2.97. The SMILES string of the molecule is CCOC(=O)C1=C(C)N=C2SC=C(CC)N2C1c1ccccc1. The van der Waals surface area contributed by atoms with Crippen LogP contribution in [0.2, 0.25) is 0 Å². The van der Waals surface area contributed by atoms with Gasteiger partial charge in [-0.05, 0) is 31.2 Å². The summed E-state index contributed by atoms with van der Waals surface area (Å²) in [6, 6.07) is 9.91. The minimum atomic E-state index is -0.283. The lowest BCUT2D eigenvalue weighted by Gasteiger charge is -2.36. The van der Waals surface area contributed by atoms with Crippen LogP contribution in [-0.2, 0) is 9.53 Å². The Labute approximate surface area is 140 Å². The van der Waals surface area contributed by atoms with E-state index in [9.17, 15) is 4.79 Å². The third-order valence-electron chi connectivity index (χ3n) is 3.97. The Morgan fingerprint density at radius 2 is 2.04 bits per heavy atom. The summed E-state index contributed by atoms with van der Waals surface area (Å²) in [5.41, 5.74) is 3.62. The van der Waals surface area contributed by atoms with Crippen LogP contribution in [0.1, 0.15) is 38.8 Å². The monoisotopic (exact) mass is 328 g/mol. The molecule has 0 saturated carbocycles. The molecule has 0 amide bonds. The summed E-state index contributed by atoms with van der Waals surface area (Å²) in [6.07, 6.45) is 0.893. The molecule has 0 bridgehead atoms. The summed E-state index contributed by atoms with van der Waals surface area (Å²) in [5, 5.41) is 3.05. The van der Waals surface area contributed by atoms with Gasteiger partial charge in [-0.25, -0.2) is 9.79 Å². The molecular formula is C18H20N2O2S. The highest BCUT2D eigenvalue weighted by atomic mass is 32.2. The fraction of sp³-hybridized carbons (Fsp3) is 0.333. The summed E-state index contributed by atoms with van der Waals surface area (Å²) in [4.78, 5) is 19.4. The number of carbonyl (C=O) groups excluding carboxylic acids is 1. The first-order chi connectivity index (χ1) is 11.2. The first kappa shape index (κ1) is 15.9. The molecule has 120 valence electrons. The number of benzene rings is 1. The van der Waals surface area contributed by atoms with Crippen molar-refractivity contribution in [1.29, 1.82) is 0 Å². The maximum atomic E-state index is 12.6. The second-order valence-corrected chi connectivity index (χ2v) is 6.21. The number of amidine groups is 1. The summed E-state index contributed by atoms with van der Waals surface area (Å²) in [6.45, 7) is 6.19. The van der Waals surface area contributed by atoms with Crippen molar-refractivity contribution in [2.45, 2.75) is 33.2 Å². The number of carbonyl (C=O) groups is 1. The van der Waals surface area contributed by atoms with Crippen molar-refractivity contribution in [3.63, 3.8) is 0 Å². The molecule has 3 rings (SSSR count). The van der Waals surface area contributed by atoms with Gasteiger partial charge in [0.05, 0.1) is 23.9 Å². The normalized spacial score (nSPS) is 20.1. The van der Waals surface area contributed by atoms with Gasteiger partial charge < -0.3 is 9.64 Å². The van der Waals surface area contributed by atoms with E-state index in [1.807, 2.05) is 32.0 Å². The van der Waals surface area contributed by atoms with E-state index in [0.717, 1.165) is 22.8 Å². The third kappa shape index (κ3) is 2.81. The molecule has 0 spiro atoms. The number of aliphatic imine (C=N–C) groups is 1. The number of allylic oxidation sites excluding steroid dienone is 2. The molecule has 23 heavy (non-hydrogen) atoms. The fourth-order valence-electron chi connectivity index (χ4n) is 2.92. The second kappa shape index (κ2) is 6.62. The molecule has 0 saturated heterocycles. The Morgan fingerprint density at radius 3 is 2.70 bits per heavy atom. The predicted molar refractivity (Wildman–Crippen MR) is 93.8 cm³/mol. The number of hydrogen-bond acceptors (Lipinski definition) is 5. The van der Waals surface area contributed by atoms with Gasteiger partial charge in [-0.3, -0.25) is 0 Å². The van der Waals surface area contributed by atoms with Crippen molar-refractivity contribution in [3.05, 3.63) is 58.3 Å². The van der Waals surface area contributed by atoms with Crippen LogP contribution >= 0.6 is 11.8 Å². The molecule has 0 fully saturated rings. The first-order valence-electron chi connectivity index (χ1n) is 7.83. The molecular weight excluding hydrogens is 308 g/mol. The van der Waals surface area contributed by atoms with Gasteiger partial charge in [-0.1, -0.05) is 49.0 Å². The van der Waals surface area contributed by atoms with Crippen molar-refractivity contribution in [3.8, 4) is 0 Å². The summed E-state index contributed by atoms with van der Waals surface area (Å²) in [5.74, 6) is -0.283. The van der Waals surface area contributed by atoms with Gasteiger partial charge in [0, 0.05) is 5.70 Å². The van der Waals surface area contributed by atoms with Crippen molar-refractivity contribution in [2.75, 3.05) is 6.61 Å². The molecule has 1 atom stereocenters. The third-order valence-corrected chi connectivity index (χ3v) is 4.86. The number of rotatable bonds is 4. The summed E-state index contributed by atoms with van der Waals surface area (Å²) < 4.78 is 5.30. The fourth-order valence-corrected chi connectivity index (χ4v) is 3.96. The Bertz CT molecular complexity index is 707. The van der Waals surface area contributed by atoms with E-state index >= 15 is 0 Å². The van der Waals surface area contributed by atoms with E-state index in [0.29, 0.717) is 12.2 Å². The molecule has 4 nitrogen and oxygen atoms in total. The van der Waals surface area contributed by atoms with Crippen LogP contribution in [-0.4, -0.2) is 22.6 Å². The molecule has 5 heteroatoms. The number of ether oxygens (including phenoxy) is 1. The van der Waals surface area contributed by atoms with E-state index in [1.54, 1.807) is 11.8 Å². The van der Waals surface area contributed by atoms with Crippen molar-refractivity contribution >= 4 is 22.9 Å². The topological polar surface area (TPSA) is 41.9 Å². The maximum Gasteiger partial charge on any atom is 0.338 e. The second-order valence-electron chi connectivity index (χ2n) is 5.38. The Kier molecular flexibility index (Phi) is 4.57. The molecule has 1 aromatic carbocycles. The molecule has 0 aromatic heterocycles. The lowest BCUT2D eigenvalue weighted by Crippen LogP contribution is -2.36. The minimum Gasteiger partial charge on any atom is -0.463 e. The molecule has 1 aromatic rings. The Hall–Kier alpha value is -2.01. The van der Waals surface area contributed by atoms with E-state index in [1.165, 1.54) is 5.70 Å². The van der Waals surface area contributed by atoms with Crippen molar-refractivity contribution in [1.82, 2.24) is 4.90 Å². The maximum absolute atomic E-state index is 12.6. The minimum absolute atomic E-state index is 0.177. The van der Waals surface area contributed by atoms with Gasteiger partial charge in [0.15, 0.2) is 5.17 Å². The zero-order valence-electron chi connectivity index (χ0n) is 13.6. The quantitative estimate of drug-likeness (QED) is 0.776. The largest absolute Gasteiger partial charge is 0.463 e. The van der Waals surface area contributed by atoms with Gasteiger partial charge in [-0.2, -0.15) is 0 Å². The number of fused-ring (bicyclic) bond motifs is 1. The molecule has 0 radical (unpaired) electrons. The zero-order valence-corrected chi connectivity index (χ0v) is 14.4. The average molecular weight is 328 g/mol. The molecule has 1 unspecified atom stereocenters. The van der Waals surface area contributed by atoms with Crippen molar-refractivity contribution in [2.24, 2.45) is 4.99 Å². The van der Waals surface area contributed by atoms with Gasteiger partial charge in [0.1, 0.15) is 0 Å². The highest BCUT2D eigenvalue weighted by molar-refractivity contribution is 8.16. The lowest BCUT2D eigenvalue weighted by molar-refractivity contribution is -0.139. The van der Waals surface area contributed by atoms with Crippen LogP contribution in [0.15, 0.2) is 57.7 Å². The molecule has 2 aliphatic heterocycles. The number of thioether (sulfide) groups is 1. The van der Waals surface area contributed by atoms with Gasteiger partial charge in [0.2, 0.25) is 0 Å². The van der Waals surface area contributed by atoms with E-state index in [2.05, 4.69) is 34.4 Å². The molecule has 2 heterocycles. The van der Waals surface area contributed by atoms with Gasteiger partial charge in [0.25, 0.3) is 0 Å². The molecule has 2 aliphatic rings. The highest BCUT2D eigenvalue weighted by Crippen LogP contribution is 2.44. The Morgan fingerprint density at radius 1 is 1.30 bits per heavy atom. The first-order valence-corrected chi connectivity index (χ1v) is 8.71. The van der Waals surface area contributed by atoms with Crippen LogP contribution in [0.25, 0.3) is 0 Å². The highest BCUT2D eigenvalue weighted by Gasteiger charge is 2.39. The number of nitrogens with zero attached hydrogens (tertiary/aromatic N) is 2. The smallest absolute Gasteiger partial charge is 0.338 e. The van der Waals surface area contributed by atoms with Crippen LogP contribution in [0.4, 0.5) is 0 Å². The predicted octanol–water partition coefficient (Wildman–Crippen LogP) is 4.23. The van der Waals surface area contributed by atoms with E-state index in [-0.39, 0.29) is 12.0 Å². The van der Waals surface area contributed by atoms with E-state index < -0.39 is 0 Å². The van der Waals surface area contributed by atoms with Crippen LogP contribution < -0.4 is 0 Å². The van der Waals surface area contributed by atoms with E-state index in [4.69, 9.17) is 4.74 Å². The Balaban J connectivity index is 2.13. The summed E-state index contributed by atoms with van der Waals surface area (Å²) >= 11 is 1.62. The standard InChI is InChI=1S/C18H20N2O2S/c1-4-14-11-23-18-19-12(3)15(17(21)22-5-2)16(20(14)18)13-9-7-6-8-10-13/h6-11,16H,4-5H2,1-3H3. The van der Waals surface area contributed by atoms with Crippen molar-refractivity contribution < 1.29 is 9.53 Å². The van der Waals surface area contributed by atoms with Gasteiger partial charge >= 0.3 is 5.97 Å². The van der Waals surface area contributed by atoms with Crippen LogP contribution in [0, 0.1) is 0 Å². The van der Waals surface area contributed by atoms with Gasteiger partial charge in [-0.15, -0.1) is 0 Å². The number of hydrogen-bond donors (Lipinski definition) is 0. The molecule has 0 N–H and O–H groups in total. The van der Waals surface area contributed by atoms with Crippen LogP contribution in [0.3, 0.4) is 0 Å². The molecule has 0 aliphatic carbocycles. The van der Waals surface area contributed by atoms with Crippen LogP contribution in [0.5, 0.6) is 0 Å².